The van der Waals surface area contributed by atoms with Crippen molar-refractivity contribution in [3.63, 3.8) is 0 Å². The van der Waals surface area contributed by atoms with Crippen LogP contribution in [-0.2, 0) is 9.59 Å². The molecule has 0 saturated carbocycles. The van der Waals surface area contributed by atoms with E-state index in [1.165, 1.54) is 21.6 Å². The summed E-state index contributed by atoms with van der Waals surface area (Å²) in [6.07, 6.45) is 0. The molecular formula is C10H22N4O2S2. The first kappa shape index (κ1) is 17.6. The molecule has 0 aliphatic heterocycles. The van der Waals surface area contributed by atoms with Gasteiger partial charge in [-0.3, -0.25) is 9.59 Å². The SMILES string of the molecule is CCNC(=O)C(N)CSSCC(N)C(=O)NCC. The number of carbonyl (C=O) groups is 2. The first-order chi connectivity index (χ1) is 8.52. The van der Waals surface area contributed by atoms with E-state index in [1.54, 1.807) is 0 Å². The Bertz CT molecular complexity index is 240. The molecule has 6 nitrogen and oxygen atoms in total. The van der Waals surface area contributed by atoms with Crippen LogP contribution in [0.25, 0.3) is 0 Å². The third kappa shape index (κ3) is 7.80. The summed E-state index contributed by atoms with van der Waals surface area (Å²) in [6.45, 7) is 4.84. The summed E-state index contributed by atoms with van der Waals surface area (Å²) in [5.41, 5.74) is 11.3. The summed E-state index contributed by atoms with van der Waals surface area (Å²) in [7, 11) is 2.90. The van der Waals surface area contributed by atoms with Gasteiger partial charge in [-0.15, -0.1) is 0 Å². The van der Waals surface area contributed by atoms with Gasteiger partial charge in [-0.1, -0.05) is 21.6 Å². The monoisotopic (exact) mass is 294 g/mol. The normalized spacial score (nSPS) is 13.8. The molecule has 0 radical (unpaired) electrons. The molecule has 0 aromatic heterocycles. The molecule has 0 bridgehead atoms. The summed E-state index contributed by atoms with van der Waals surface area (Å²) in [5.74, 6) is 0.689. The van der Waals surface area contributed by atoms with Gasteiger partial charge in [-0.25, -0.2) is 0 Å². The number of nitrogens with one attached hydrogen (secondary N) is 2. The Balaban J connectivity index is 3.66. The Morgan fingerprint density at radius 2 is 1.28 bits per heavy atom. The molecule has 2 atom stereocenters. The van der Waals surface area contributed by atoms with Crippen LogP contribution in [0.1, 0.15) is 13.8 Å². The van der Waals surface area contributed by atoms with Crippen molar-refractivity contribution in [2.45, 2.75) is 25.9 Å². The van der Waals surface area contributed by atoms with Crippen LogP contribution in [0.4, 0.5) is 0 Å². The molecule has 8 heteroatoms. The zero-order valence-electron chi connectivity index (χ0n) is 10.8. The molecule has 2 unspecified atom stereocenters. The van der Waals surface area contributed by atoms with E-state index in [-0.39, 0.29) is 11.8 Å². The highest BCUT2D eigenvalue weighted by Gasteiger charge is 2.15. The minimum Gasteiger partial charge on any atom is -0.355 e. The van der Waals surface area contributed by atoms with Crippen molar-refractivity contribution < 1.29 is 9.59 Å². The Labute approximate surface area is 116 Å². The highest BCUT2D eigenvalue weighted by atomic mass is 33.1. The summed E-state index contributed by atoms with van der Waals surface area (Å²) in [4.78, 5) is 22.6. The van der Waals surface area contributed by atoms with Crippen LogP contribution in [0.15, 0.2) is 0 Å². The second-order valence-corrected chi connectivity index (χ2v) is 6.12. The fourth-order valence-corrected chi connectivity index (χ4v) is 3.25. The number of likely N-dealkylation sites (N-methyl/N-ethyl adjacent to an activating group) is 2. The van der Waals surface area contributed by atoms with Gasteiger partial charge in [0.2, 0.25) is 11.8 Å². The second-order valence-electron chi connectivity index (χ2n) is 3.57. The third-order valence-corrected chi connectivity index (χ3v) is 4.43. The van der Waals surface area contributed by atoms with Gasteiger partial charge in [0.05, 0.1) is 12.1 Å². The largest absolute Gasteiger partial charge is 0.355 e. The van der Waals surface area contributed by atoms with Gasteiger partial charge in [0.25, 0.3) is 0 Å². The predicted octanol–water partition coefficient (Wildman–Crippen LogP) is -0.705. The average molecular weight is 294 g/mol. The molecule has 106 valence electrons. The number of amides is 2. The second kappa shape index (κ2) is 10.5. The molecule has 18 heavy (non-hydrogen) atoms. The van der Waals surface area contributed by atoms with E-state index in [1.807, 2.05) is 13.8 Å². The lowest BCUT2D eigenvalue weighted by molar-refractivity contribution is -0.122. The molecule has 0 saturated heterocycles. The first-order valence-corrected chi connectivity index (χ1v) is 8.32. The Kier molecular flexibility index (Phi) is 10.2. The van der Waals surface area contributed by atoms with Crippen molar-refractivity contribution in [1.29, 1.82) is 0 Å². The molecule has 0 aromatic carbocycles. The van der Waals surface area contributed by atoms with E-state index in [0.29, 0.717) is 24.6 Å². The zero-order valence-corrected chi connectivity index (χ0v) is 12.4. The van der Waals surface area contributed by atoms with E-state index in [2.05, 4.69) is 10.6 Å². The fraction of sp³-hybridized carbons (Fsp3) is 0.800. The van der Waals surface area contributed by atoms with Crippen molar-refractivity contribution in [3.8, 4) is 0 Å². The average Bonchev–Trinajstić information content (AvgIpc) is 2.34. The number of hydrogen-bond acceptors (Lipinski definition) is 6. The predicted molar refractivity (Wildman–Crippen MR) is 78.2 cm³/mol. The summed E-state index contributed by atoms with van der Waals surface area (Å²) in [5, 5.41) is 5.31. The molecule has 0 fully saturated rings. The van der Waals surface area contributed by atoms with Gasteiger partial charge in [0.15, 0.2) is 0 Å². The molecule has 0 spiro atoms. The number of carbonyl (C=O) groups excluding carboxylic acids is 2. The van der Waals surface area contributed by atoms with Crippen molar-refractivity contribution in [2.75, 3.05) is 24.6 Å². The van der Waals surface area contributed by atoms with E-state index < -0.39 is 12.1 Å². The molecule has 0 heterocycles. The van der Waals surface area contributed by atoms with Crippen molar-refractivity contribution in [1.82, 2.24) is 10.6 Å². The van der Waals surface area contributed by atoms with Crippen LogP contribution in [0.2, 0.25) is 0 Å². The van der Waals surface area contributed by atoms with Crippen LogP contribution in [0.5, 0.6) is 0 Å². The third-order valence-electron chi connectivity index (χ3n) is 1.95. The maximum Gasteiger partial charge on any atom is 0.237 e. The highest BCUT2D eigenvalue weighted by molar-refractivity contribution is 8.76. The number of hydrogen-bond donors (Lipinski definition) is 4. The van der Waals surface area contributed by atoms with Crippen LogP contribution in [0, 0.1) is 0 Å². The lowest BCUT2D eigenvalue weighted by atomic mass is 10.3. The van der Waals surface area contributed by atoms with E-state index in [4.69, 9.17) is 11.5 Å². The van der Waals surface area contributed by atoms with E-state index >= 15 is 0 Å². The van der Waals surface area contributed by atoms with Crippen LogP contribution in [0.3, 0.4) is 0 Å². The van der Waals surface area contributed by atoms with E-state index in [0.717, 1.165) is 0 Å². The van der Waals surface area contributed by atoms with Crippen LogP contribution in [-0.4, -0.2) is 48.5 Å². The molecule has 0 aliphatic carbocycles. The van der Waals surface area contributed by atoms with Gasteiger partial charge in [-0.2, -0.15) is 0 Å². The standard InChI is InChI=1S/C10H22N4O2S2/c1-3-13-9(15)7(11)5-17-18-6-8(12)10(16)14-4-2/h7-8H,3-6,11-12H2,1-2H3,(H,13,15)(H,14,16). The van der Waals surface area contributed by atoms with Gasteiger partial charge >= 0.3 is 0 Å². The zero-order chi connectivity index (χ0) is 14.0. The maximum absolute atomic E-state index is 11.3. The number of nitrogens with two attached hydrogens (primary N) is 2. The Morgan fingerprint density at radius 1 is 0.944 bits per heavy atom. The minimum absolute atomic E-state index is 0.154. The van der Waals surface area contributed by atoms with Crippen molar-refractivity contribution in [3.05, 3.63) is 0 Å². The maximum atomic E-state index is 11.3. The van der Waals surface area contributed by atoms with E-state index in [9.17, 15) is 9.59 Å². The summed E-state index contributed by atoms with van der Waals surface area (Å²) < 4.78 is 0. The quantitative estimate of drug-likeness (QED) is 0.330. The van der Waals surface area contributed by atoms with Crippen molar-refractivity contribution >= 4 is 33.4 Å². The summed E-state index contributed by atoms with van der Waals surface area (Å²) in [6, 6.07) is -1.05. The molecule has 6 N–H and O–H groups in total. The lowest BCUT2D eigenvalue weighted by Crippen LogP contribution is -2.42. The molecule has 0 rings (SSSR count). The Morgan fingerprint density at radius 3 is 1.56 bits per heavy atom. The highest BCUT2D eigenvalue weighted by Crippen LogP contribution is 2.22. The van der Waals surface area contributed by atoms with Crippen molar-refractivity contribution in [2.24, 2.45) is 11.5 Å². The van der Waals surface area contributed by atoms with Crippen LogP contribution < -0.4 is 22.1 Å². The number of rotatable bonds is 9. The molecule has 0 aromatic rings. The minimum atomic E-state index is -0.525. The Hall–Kier alpha value is -0.440. The van der Waals surface area contributed by atoms with Gasteiger partial charge in [0.1, 0.15) is 0 Å². The van der Waals surface area contributed by atoms with Crippen LogP contribution >= 0.6 is 21.6 Å². The summed E-state index contributed by atoms with van der Waals surface area (Å²) >= 11 is 0. The molecule has 0 aliphatic rings. The van der Waals surface area contributed by atoms with Gasteiger partial charge in [-0.05, 0) is 13.8 Å². The molecule has 2 amide bonds. The van der Waals surface area contributed by atoms with Gasteiger partial charge < -0.3 is 22.1 Å². The lowest BCUT2D eigenvalue weighted by Gasteiger charge is -2.12. The topological polar surface area (TPSA) is 110 Å². The molecular weight excluding hydrogens is 272 g/mol. The fourth-order valence-electron chi connectivity index (χ4n) is 1.00. The van der Waals surface area contributed by atoms with Gasteiger partial charge in [0, 0.05) is 24.6 Å². The first-order valence-electron chi connectivity index (χ1n) is 5.83. The smallest absolute Gasteiger partial charge is 0.237 e.